The van der Waals surface area contributed by atoms with Crippen molar-refractivity contribution < 1.29 is 74.9 Å². The molecule has 11 unspecified atom stereocenters. The van der Waals surface area contributed by atoms with Crippen molar-refractivity contribution in [3.63, 3.8) is 0 Å². The van der Waals surface area contributed by atoms with Crippen LogP contribution >= 0.6 is 0 Å². The number of ether oxygens (including phenoxy) is 3. The fourth-order valence-corrected chi connectivity index (χ4v) is 5.48. The van der Waals surface area contributed by atoms with Crippen LogP contribution in [0.3, 0.4) is 0 Å². The highest BCUT2D eigenvalue weighted by Crippen LogP contribution is 2.49. The van der Waals surface area contributed by atoms with Crippen molar-refractivity contribution in [1.29, 1.82) is 0 Å². The van der Waals surface area contributed by atoms with Crippen LogP contribution in [-0.4, -0.2) is 162 Å². The number of allylic oxidation sites excluding steroid dienone is 2. The molecule has 12 N–H and O–H groups in total. The van der Waals surface area contributed by atoms with Gasteiger partial charge in [0, 0.05) is 23.3 Å². The van der Waals surface area contributed by atoms with Crippen LogP contribution in [0, 0.1) is 5.41 Å². The fraction of sp³-hybridized carbons (Fsp3) is 0.808. The largest absolute Gasteiger partial charge is 0.394 e. The lowest BCUT2D eigenvalue weighted by atomic mass is 9.89. The number of hydrogen-bond acceptors (Lipinski definition) is 17. The average Bonchev–Trinajstić information content (AvgIpc) is 3.66. The van der Waals surface area contributed by atoms with Crippen LogP contribution in [-0.2, 0) is 23.8 Å². The summed E-state index contributed by atoms with van der Waals surface area (Å²) in [5.41, 5.74) is 2.03. The van der Waals surface area contributed by atoms with Crippen LogP contribution in [0.4, 0.5) is 0 Å². The molecule has 0 spiro atoms. The third-order valence-corrected chi connectivity index (χ3v) is 8.20. The van der Waals surface area contributed by atoms with Crippen LogP contribution in [0.15, 0.2) is 23.4 Å². The molecular weight excluding hydrogens is 580 g/mol. The summed E-state index contributed by atoms with van der Waals surface area (Å²) in [5.74, 6) is -0.493. The molecular formula is C26H42N2O15. The number of hydrogen-bond donors (Lipinski definition) is 12. The summed E-state index contributed by atoms with van der Waals surface area (Å²) in [6.07, 6.45) is -16.3. The molecule has 4 aliphatic rings. The summed E-state index contributed by atoms with van der Waals surface area (Å²) >= 11 is 0. The number of carbonyl (C=O) groups is 1. The summed E-state index contributed by atoms with van der Waals surface area (Å²) in [5, 5.41) is 106. The minimum atomic E-state index is -1.79. The molecule has 2 heterocycles. The van der Waals surface area contributed by atoms with Crippen LogP contribution in [0.2, 0.25) is 0 Å². The van der Waals surface area contributed by atoms with Crippen LogP contribution in [0.25, 0.3) is 0 Å². The number of hydroxylamine groups is 1. The Bertz CT molecular complexity index is 1040. The van der Waals surface area contributed by atoms with Gasteiger partial charge < -0.3 is 70.6 Å². The Morgan fingerprint density at radius 1 is 1.00 bits per heavy atom. The van der Waals surface area contributed by atoms with E-state index in [-0.39, 0.29) is 18.7 Å². The molecule has 0 amide bonds. The Morgan fingerprint density at radius 2 is 1.67 bits per heavy atom. The number of aliphatic hydroxyl groups is 10. The first-order chi connectivity index (χ1) is 20.2. The number of ketones is 1. The van der Waals surface area contributed by atoms with Gasteiger partial charge in [0.15, 0.2) is 24.4 Å². The van der Waals surface area contributed by atoms with Crippen LogP contribution in [0.5, 0.6) is 0 Å². The zero-order chi connectivity index (χ0) is 31.8. The van der Waals surface area contributed by atoms with E-state index in [0.717, 1.165) is 0 Å². The number of Topliss-reactive ketones (excluding diaryl/α,β-unsaturated/α-hetero) is 1. The molecule has 2 aliphatic heterocycles. The van der Waals surface area contributed by atoms with Crippen molar-refractivity contribution in [2.75, 3.05) is 19.8 Å². The number of fused-ring (bicyclic) bond motifs is 1. The molecule has 17 nitrogen and oxygen atoms in total. The van der Waals surface area contributed by atoms with Crippen LogP contribution < -0.4 is 10.8 Å². The highest BCUT2D eigenvalue weighted by Gasteiger charge is 2.51. The number of rotatable bonds is 13. The van der Waals surface area contributed by atoms with Crippen molar-refractivity contribution >= 4 is 5.78 Å². The Balaban J connectivity index is 1.32. The van der Waals surface area contributed by atoms with Gasteiger partial charge in [0.2, 0.25) is 0 Å². The van der Waals surface area contributed by atoms with E-state index >= 15 is 0 Å². The summed E-state index contributed by atoms with van der Waals surface area (Å²) in [4.78, 5) is 17.3. The molecule has 0 saturated carbocycles. The Morgan fingerprint density at radius 3 is 2.30 bits per heavy atom. The van der Waals surface area contributed by atoms with Crippen molar-refractivity contribution in [1.82, 2.24) is 10.8 Å². The van der Waals surface area contributed by atoms with E-state index in [4.69, 9.17) is 19.0 Å². The van der Waals surface area contributed by atoms with E-state index in [1.54, 1.807) is 19.1 Å². The Kier molecular flexibility index (Phi) is 11.0. The summed E-state index contributed by atoms with van der Waals surface area (Å²) in [6.45, 7) is 1.44. The van der Waals surface area contributed by atoms with Crippen molar-refractivity contribution in [3.8, 4) is 0 Å². The van der Waals surface area contributed by atoms with E-state index in [9.17, 15) is 55.9 Å². The molecule has 0 radical (unpaired) electrons. The Labute approximate surface area is 246 Å². The number of nitrogens with one attached hydrogen (secondary N) is 2. The van der Waals surface area contributed by atoms with Gasteiger partial charge in [-0.2, -0.15) is 5.48 Å². The lowest BCUT2D eigenvalue weighted by Gasteiger charge is -2.45. The van der Waals surface area contributed by atoms with Crippen LogP contribution in [0.1, 0.15) is 20.3 Å². The van der Waals surface area contributed by atoms with Crippen molar-refractivity contribution in [2.24, 2.45) is 5.41 Å². The molecule has 2 saturated heterocycles. The van der Waals surface area contributed by atoms with Crippen molar-refractivity contribution in [2.45, 2.75) is 106 Å². The van der Waals surface area contributed by atoms with Gasteiger partial charge in [-0.15, -0.1) is 0 Å². The van der Waals surface area contributed by atoms with E-state index < -0.39 is 110 Å². The third kappa shape index (κ3) is 7.11. The molecule has 2 aliphatic carbocycles. The van der Waals surface area contributed by atoms with Gasteiger partial charge in [-0.05, 0) is 26.3 Å². The standard InChI is InChI=1S/C26H42N2O15/c1-9(31)15(27-11-6-26(2)5-10(26)16(33)17(11)34)18(35)12(32)3-4-40-22-13(7-29)41-25(20(37)19(22)36)42-23-14(8-30)43-28-24(39)21(23)38/h5-6,9,12-15,17-25,27-32,34-39H,3-4,7-8H2,1-2H3/t9?,12?,13?,14?,15-,17?,18?,19?,20?,21?,22-,23-,24?,25-,26?/m0/s1. The summed E-state index contributed by atoms with van der Waals surface area (Å²) in [6, 6.07) is -1.20. The highest BCUT2D eigenvalue weighted by atomic mass is 16.7. The molecule has 246 valence electrons. The second kappa shape index (κ2) is 13.8. The molecule has 4 rings (SSSR count). The smallest absolute Gasteiger partial charge is 0.194 e. The first kappa shape index (κ1) is 34.2. The van der Waals surface area contributed by atoms with Gasteiger partial charge in [0.1, 0.15) is 48.8 Å². The average molecular weight is 623 g/mol. The first-order valence-electron chi connectivity index (χ1n) is 14.0. The normalized spacial score (nSPS) is 42.3. The third-order valence-electron chi connectivity index (χ3n) is 8.20. The summed E-state index contributed by atoms with van der Waals surface area (Å²) < 4.78 is 16.6. The lowest BCUT2D eigenvalue weighted by molar-refractivity contribution is -0.348. The van der Waals surface area contributed by atoms with Gasteiger partial charge >= 0.3 is 0 Å². The number of aliphatic hydroxyl groups excluding tert-OH is 10. The first-order valence-corrected chi connectivity index (χ1v) is 14.0. The predicted octanol–water partition coefficient (Wildman–Crippen LogP) is -6.00. The lowest BCUT2D eigenvalue weighted by Crippen LogP contribution is -2.65. The molecule has 0 bridgehead atoms. The van der Waals surface area contributed by atoms with Crippen molar-refractivity contribution in [3.05, 3.63) is 23.4 Å². The molecule has 0 aromatic heterocycles. The zero-order valence-corrected chi connectivity index (χ0v) is 23.6. The van der Waals surface area contributed by atoms with Gasteiger partial charge in [-0.3, -0.25) is 9.63 Å². The number of carbonyl (C=O) groups excluding carboxylic acids is 1. The second-order valence-electron chi connectivity index (χ2n) is 11.5. The molecule has 0 aromatic carbocycles. The topological polar surface area (TPSA) is 280 Å². The molecule has 2 fully saturated rings. The maximum absolute atomic E-state index is 12.3. The SMILES string of the molecule is CC(O)[C@H](NC1=CC2(C)C=C2C(=O)C1O)C(O)C(O)CCO[C@H]1C(CO)O[C@@H](O[C@H]2C(CO)ONC(O)C2O)C(O)C1O. The van der Waals surface area contributed by atoms with E-state index in [1.165, 1.54) is 6.92 Å². The van der Waals surface area contributed by atoms with Gasteiger partial charge in [0.05, 0.1) is 31.5 Å². The monoisotopic (exact) mass is 622 g/mol. The maximum atomic E-state index is 12.3. The fourth-order valence-electron chi connectivity index (χ4n) is 5.48. The van der Waals surface area contributed by atoms with Gasteiger partial charge in [0.25, 0.3) is 0 Å². The maximum Gasteiger partial charge on any atom is 0.194 e. The molecule has 15 atom stereocenters. The molecule has 17 heteroatoms. The molecule has 43 heavy (non-hydrogen) atoms. The van der Waals surface area contributed by atoms with E-state index in [1.807, 2.05) is 0 Å². The quantitative estimate of drug-likeness (QED) is 0.0910. The minimum Gasteiger partial charge on any atom is -0.394 e. The van der Waals surface area contributed by atoms with Gasteiger partial charge in [-0.25, -0.2) is 0 Å². The predicted molar refractivity (Wildman–Crippen MR) is 140 cm³/mol. The summed E-state index contributed by atoms with van der Waals surface area (Å²) in [7, 11) is 0. The highest BCUT2D eigenvalue weighted by molar-refractivity contribution is 6.08. The van der Waals surface area contributed by atoms with Gasteiger partial charge in [-0.1, -0.05) is 6.08 Å². The second-order valence-corrected chi connectivity index (χ2v) is 11.5. The Hall–Kier alpha value is -1.65. The molecule has 0 aromatic rings. The van der Waals surface area contributed by atoms with E-state index in [0.29, 0.717) is 5.57 Å². The zero-order valence-electron chi connectivity index (χ0n) is 23.6. The minimum absolute atomic E-state index is 0.0841. The van der Waals surface area contributed by atoms with E-state index in [2.05, 4.69) is 10.8 Å².